The molecule has 0 atom stereocenters. The largest absolute Gasteiger partial charge is 0.382 e. The summed E-state index contributed by atoms with van der Waals surface area (Å²) in [4.78, 5) is 3.21. The maximum atomic E-state index is 5.58. The van der Waals surface area contributed by atoms with Crippen molar-refractivity contribution < 1.29 is 0 Å². The zero-order valence-corrected chi connectivity index (χ0v) is 7.99. The Morgan fingerprint density at radius 2 is 2.13 bits per heavy atom. The molecule has 74 valence electrons. The van der Waals surface area contributed by atoms with Gasteiger partial charge in [-0.1, -0.05) is 18.2 Å². The van der Waals surface area contributed by atoms with Gasteiger partial charge in [-0.3, -0.25) is 5.10 Å². The van der Waals surface area contributed by atoms with Gasteiger partial charge in [0.15, 0.2) is 0 Å². The average Bonchev–Trinajstić information content (AvgIpc) is 2.84. The SMILES string of the molecule is Nc1cc(-c2cccc3cc[nH]c23)[nH]n1. The van der Waals surface area contributed by atoms with Gasteiger partial charge >= 0.3 is 0 Å². The lowest BCUT2D eigenvalue weighted by Gasteiger charge is -1.99. The molecule has 4 nitrogen and oxygen atoms in total. The summed E-state index contributed by atoms with van der Waals surface area (Å²) >= 11 is 0. The van der Waals surface area contributed by atoms with E-state index in [9.17, 15) is 0 Å². The number of aromatic nitrogens is 3. The standard InChI is InChI=1S/C11H10N4/c12-10-6-9(14-15-10)8-3-1-2-7-4-5-13-11(7)8/h1-6,13H,(H3,12,14,15). The van der Waals surface area contributed by atoms with E-state index in [4.69, 9.17) is 5.73 Å². The highest BCUT2D eigenvalue weighted by Crippen LogP contribution is 2.26. The highest BCUT2D eigenvalue weighted by atomic mass is 15.2. The van der Waals surface area contributed by atoms with Gasteiger partial charge in [0, 0.05) is 23.2 Å². The van der Waals surface area contributed by atoms with Crippen LogP contribution in [0, 0.1) is 0 Å². The lowest BCUT2D eigenvalue weighted by Crippen LogP contribution is -1.81. The highest BCUT2D eigenvalue weighted by Gasteiger charge is 2.06. The molecule has 1 aromatic carbocycles. The Kier molecular flexibility index (Phi) is 1.56. The van der Waals surface area contributed by atoms with Crippen molar-refractivity contribution in [3.05, 3.63) is 36.5 Å². The molecule has 0 saturated carbocycles. The van der Waals surface area contributed by atoms with Crippen molar-refractivity contribution in [2.45, 2.75) is 0 Å². The second kappa shape index (κ2) is 2.88. The smallest absolute Gasteiger partial charge is 0.145 e. The number of nitrogens with one attached hydrogen (secondary N) is 2. The van der Waals surface area contributed by atoms with E-state index in [2.05, 4.69) is 21.2 Å². The monoisotopic (exact) mass is 198 g/mol. The summed E-state index contributed by atoms with van der Waals surface area (Å²) in [7, 11) is 0. The molecule has 0 aliphatic rings. The van der Waals surface area contributed by atoms with Gasteiger partial charge in [-0.2, -0.15) is 5.10 Å². The molecule has 3 rings (SSSR count). The number of benzene rings is 1. The van der Waals surface area contributed by atoms with Gasteiger partial charge in [0.2, 0.25) is 0 Å². The van der Waals surface area contributed by atoms with Crippen molar-refractivity contribution >= 4 is 16.7 Å². The average molecular weight is 198 g/mol. The number of nitrogens with two attached hydrogens (primary N) is 1. The first-order valence-corrected chi connectivity index (χ1v) is 4.72. The summed E-state index contributed by atoms with van der Waals surface area (Å²) in [6.45, 7) is 0. The molecule has 4 heteroatoms. The third kappa shape index (κ3) is 1.19. The molecule has 2 aromatic heterocycles. The van der Waals surface area contributed by atoms with Gasteiger partial charge in [0.25, 0.3) is 0 Å². The second-order valence-corrected chi connectivity index (χ2v) is 3.45. The number of nitrogen functional groups attached to an aromatic ring is 1. The summed E-state index contributed by atoms with van der Waals surface area (Å²) < 4.78 is 0. The van der Waals surface area contributed by atoms with Crippen LogP contribution in [0.2, 0.25) is 0 Å². The van der Waals surface area contributed by atoms with Crippen molar-refractivity contribution in [3.8, 4) is 11.3 Å². The molecule has 4 N–H and O–H groups in total. The van der Waals surface area contributed by atoms with E-state index in [1.54, 1.807) is 0 Å². The number of nitrogens with zero attached hydrogens (tertiary/aromatic N) is 1. The van der Waals surface area contributed by atoms with Crippen LogP contribution >= 0.6 is 0 Å². The molecule has 0 spiro atoms. The molecule has 0 fully saturated rings. The second-order valence-electron chi connectivity index (χ2n) is 3.45. The summed E-state index contributed by atoms with van der Waals surface area (Å²) in [6.07, 6.45) is 1.92. The molecule has 2 heterocycles. The number of hydrogen-bond acceptors (Lipinski definition) is 2. The number of hydrogen-bond donors (Lipinski definition) is 3. The van der Waals surface area contributed by atoms with Gasteiger partial charge in [-0.05, 0) is 6.07 Å². The van der Waals surface area contributed by atoms with Gasteiger partial charge in [0.05, 0.1) is 11.2 Å². The summed E-state index contributed by atoms with van der Waals surface area (Å²) in [5.74, 6) is 0.508. The van der Waals surface area contributed by atoms with Crippen LogP contribution in [-0.2, 0) is 0 Å². The fourth-order valence-corrected chi connectivity index (χ4v) is 1.78. The minimum absolute atomic E-state index is 0.508. The van der Waals surface area contributed by atoms with E-state index in [1.165, 1.54) is 5.39 Å². The van der Waals surface area contributed by atoms with Crippen LogP contribution < -0.4 is 5.73 Å². The predicted molar refractivity (Wildman–Crippen MR) is 60.3 cm³/mol. The lowest BCUT2D eigenvalue weighted by molar-refractivity contribution is 1.10. The molecule has 0 aliphatic carbocycles. The van der Waals surface area contributed by atoms with E-state index in [0.717, 1.165) is 16.8 Å². The van der Waals surface area contributed by atoms with Crippen molar-refractivity contribution in [3.63, 3.8) is 0 Å². The summed E-state index contributed by atoms with van der Waals surface area (Å²) in [6, 6.07) is 9.98. The maximum absolute atomic E-state index is 5.58. The quantitative estimate of drug-likeness (QED) is 0.560. The Balaban J connectivity index is 2.30. The van der Waals surface area contributed by atoms with Crippen molar-refractivity contribution in [2.24, 2.45) is 0 Å². The fourth-order valence-electron chi connectivity index (χ4n) is 1.78. The molecule has 0 aliphatic heterocycles. The van der Waals surface area contributed by atoms with E-state index in [1.807, 2.05) is 30.5 Å². The van der Waals surface area contributed by atoms with Crippen LogP contribution in [0.4, 0.5) is 5.82 Å². The highest BCUT2D eigenvalue weighted by molar-refractivity contribution is 5.93. The van der Waals surface area contributed by atoms with Crippen molar-refractivity contribution in [1.29, 1.82) is 0 Å². The first kappa shape index (κ1) is 8.11. The van der Waals surface area contributed by atoms with Crippen molar-refractivity contribution in [1.82, 2.24) is 15.2 Å². The molecule has 0 unspecified atom stereocenters. The van der Waals surface area contributed by atoms with Crippen LogP contribution in [0.25, 0.3) is 22.2 Å². The maximum Gasteiger partial charge on any atom is 0.145 e. The number of fused-ring (bicyclic) bond motifs is 1. The molecule has 0 amide bonds. The summed E-state index contributed by atoms with van der Waals surface area (Å²) in [5.41, 5.74) is 8.70. The van der Waals surface area contributed by atoms with Crippen LogP contribution in [0.5, 0.6) is 0 Å². The van der Waals surface area contributed by atoms with Crippen LogP contribution in [0.1, 0.15) is 0 Å². The predicted octanol–water partition coefficient (Wildman–Crippen LogP) is 2.14. The number of anilines is 1. The number of para-hydroxylation sites is 1. The molecule has 0 bridgehead atoms. The molecule has 0 radical (unpaired) electrons. The molecular formula is C11H10N4. The van der Waals surface area contributed by atoms with Crippen LogP contribution in [0.15, 0.2) is 36.5 Å². The molecular weight excluding hydrogens is 188 g/mol. The van der Waals surface area contributed by atoms with Gasteiger partial charge in [-0.15, -0.1) is 0 Å². The molecule has 3 aromatic rings. The zero-order valence-electron chi connectivity index (χ0n) is 7.99. The number of H-pyrrole nitrogens is 2. The first-order valence-electron chi connectivity index (χ1n) is 4.72. The Hall–Kier alpha value is -2.23. The Morgan fingerprint density at radius 1 is 1.20 bits per heavy atom. The Labute approximate surface area is 86.1 Å². The van der Waals surface area contributed by atoms with Gasteiger partial charge < -0.3 is 10.7 Å². The Bertz CT molecular complexity index is 606. The van der Waals surface area contributed by atoms with E-state index in [-0.39, 0.29) is 0 Å². The third-order valence-corrected chi connectivity index (χ3v) is 2.48. The topological polar surface area (TPSA) is 70.5 Å². The molecule has 0 saturated heterocycles. The Morgan fingerprint density at radius 3 is 2.93 bits per heavy atom. The zero-order chi connectivity index (χ0) is 10.3. The number of aromatic amines is 2. The van der Waals surface area contributed by atoms with Gasteiger partial charge in [0.1, 0.15) is 5.82 Å². The minimum Gasteiger partial charge on any atom is -0.382 e. The van der Waals surface area contributed by atoms with E-state index >= 15 is 0 Å². The van der Waals surface area contributed by atoms with Crippen LogP contribution in [-0.4, -0.2) is 15.2 Å². The first-order chi connectivity index (χ1) is 7.34. The molecule has 15 heavy (non-hydrogen) atoms. The summed E-state index contributed by atoms with van der Waals surface area (Å²) in [5, 5.41) is 8.01. The minimum atomic E-state index is 0.508. The van der Waals surface area contributed by atoms with E-state index < -0.39 is 0 Å². The normalized spacial score (nSPS) is 10.9. The van der Waals surface area contributed by atoms with E-state index in [0.29, 0.717) is 5.82 Å². The third-order valence-electron chi connectivity index (χ3n) is 2.48. The number of rotatable bonds is 1. The van der Waals surface area contributed by atoms with Crippen molar-refractivity contribution in [2.75, 3.05) is 5.73 Å². The van der Waals surface area contributed by atoms with Crippen LogP contribution in [0.3, 0.4) is 0 Å². The van der Waals surface area contributed by atoms with Gasteiger partial charge in [-0.25, -0.2) is 0 Å². The lowest BCUT2D eigenvalue weighted by atomic mass is 10.1. The fraction of sp³-hybridized carbons (Fsp3) is 0.